The van der Waals surface area contributed by atoms with E-state index in [4.69, 9.17) is 0 Å². The Hall–Kier alpha value is -3.68. The summed E-state index contributed by atoms with van der Waals surface area (Å²) in [6.07, 6.45) is 5.54. The van der Waals surface area contributed by atoms with E-state index in [9.17, 15) is 18.8 Å². The molecular formula is C26H29FN4O3. The highest BCUT2D eigenvalue weighted by molar-refractivity contribution is 6.34. The van der Waals surface area contributed by atoms with Gasteiger partial charge in [0, 0.05) is 36.2 Å². The van der Waals surface area contributed by atoms with Crippen molar-refractivity contribution in [3.05, 3.63) is 64.7 Å². The fourth-order valence-electron chi connectivity index (χ4n) is 4.64. The van der Waals surface area contributed by atoms with Gasteiger partial charge in [-0.15, -0.1) is 0 Å². The molecule has 0 radical (unpaired) electrons. The predicted molar refractivity (Wildman–Crippen MR) is 129 cm³/mol. The summed E-state index contributed by atoms with van der Waals surface area (Å²) in [5.41, 5.74) is 5.86. The van der Waals surface area contributed by atoms with Crippen LogP contribution in [-0.4, -0.2) is 47.2 Å². The maximum absolute atomic E-state index is 13.8. The number of halogens is 1. The van der Waals surface area contributed by atoms with Crippen LogP contribution in [0.5, 0.6) is 0 Å². The molecule has 0 spiro atoms. The molecule has 0 saturated heterocycles. The average molecular weight is 465 g/mol. The van der Waals surface area contributed by atoms with Crippen molar-refractivity contribution in [2.75, 3.05) is 18.9 Å². The van der Waals surface area contributed by atoms with Crippen LogP contribution in [0.4, 0.5) is 10.1 Å². The summed E-state index contributed by atoms with van der Waals surface area (Å²) in [6.45, 7) is 7.68. The number of hydrogen-bond donors (Lipinski definition) is 3. The van der Waals surface area contributed by atoms with Gasteiger partial charge in [-0.25, -0.2) is 4.39 Å². The summed E-state index contributed by atoms with van der Waals surface area (Å²) in [7, 11) is 1.58. The number of carbonyl (C=O) groups is 3. The van der Waals surface area contributed by atoms with Crippen LogP contribution in [0.25, 0.3) is 11.6 Å². The maximum Gasteiger partial charge on any atom is 0.256 e. The second-order valence-corrected chi connectivity index (χ2v) is 9.01. The topological polar surface area (TPSA) is 94.3 Å². The van der Waals surface area contributed by atoms with Crippen LogP contribution in [0.2, 0.25) is 0 Å². The SMILES string of the molecule is C=CC(=O)N(C)[C@@H](C)C(=O)NC[C@H]1CCc2c([nH]c(C=C3C(=O)Nc4ccc(F)cc43)c2C)C1. The van der Waals surface area contributed by atoms with Gasteiger partial charge in [-0.3, -0.25) is 14.4 Å². The van der Waals surface area contributed by atoms with Crippen LogP contribution >= 0.6 is 0 Å². The normalized spacial score (nSPS) is 18.6. The zero-order valence-corrected chi connectivity index (χ0v) is 19.6. The lowest BCUT2D eigenvalue weighted by Crippen LogP contribution is -2.46. The Morgan fingerprint density at radius 1 is 1.38 bits per heavy atom. The molecule has 0 fully saturated rings. The molecule has 8 heteroatoms. The molecular weight excluding hydrogens is 435 g/mol. The first-order valence-electron chi connectivity index (χ1n) is 11.4. The minimum absolute atomic E-state index is 0.199. The molecule has 4 rings (SSSR count). The molecule has 2 atom stereocenters. The summed E-state index contributed by atoms with van der Waals surface area (Å²) in [5.74, 6) is -0.873. The standard InChI is InChI=1S/C26H29FN4O3/c1-5-24(32)31(4)15(3)25(33)28-13-16-6-8-18-14(2)22(29-23(18)10-16)12-20-19-11-17(27)7-9-21(19)30-26(20)34/h5,7,9,11-12,15-16,29H,1,6,8,10,13H2,2-4H3,(H,28,33)(H,30,34)/t15-,16-/m0/s1. The van der Waals surface area contributed by atoms with Crippen molar-refractivity contribution >= 4 is 35.1 Å². The third kappa shape index (κ3) is 4.40. The van der Waals surface area contributed by atoms with Gasteiger partial charge in [0.1, 0.15) is 11.9 Å². The number of carbonyl (C=O) groups excluding carboxylic acids is 3. The number of H-pyrrole nitrogens is 1. The smallest absolute Gasteiger partial charge is 0.256 e. The van der Waals surface area contributed by atoms with E-state index in [-0.39, 0.29) is 29.5 Å². The molecule has 1 aliphatic carbocycles. The Morgan fingerprint density at radius 3 is 2.88 bits per heavy atom. The maximum atomic E-state index is 13.8. The number of fused-ring (bicyclic) bond motifs is 2. The minimum atomic E-state index is -0.583. The van der Waals surface area contributed by atoms with Gasteiger partial charge in [0.15, 0.2) is 0 Å². The van der Waals surface area contributed by atoms with E-state index in [0.717, 1.165) is 36.2 Å². The zero-order valence-electron chi connectivity index (χ0n) is 19.6. The van der Waals surface area contributed by atoms with Gasteiger partial charge in [0.2, 0.25) is 11.8 Å². The molecule has 1 aliphatic heterocycles. The third-order valence-corrected chi connectivity index (χ3v) is 6.90. The number of aromatic nitrogens is 1. The first-order valence-corrected chi connectivity index (χ1v) is 11.4. The fraction of sp³-hybridized carbons (Fsp3) is 0.346. The molecule has 7 nitrogen and oxygen atoms in total. The molecule has 3 amide bonds. The number of likely N-dealkylation sites (N-methyl/N-ethyl adjacent to an activating group) is 1. The van der Waals surface area contributed by atoms with E-state index in [1.807, 2.05) is 6.92 Å². The Morgan fingerprint density at radius 2 is 2.15 bits per heavy atom. The summed E-state index contributed by atoms with van der Waals surface area (Å²) < 4.78 is 13.8. The Bertz CT molecular complexity index is 1210. The molecule has 0 bridgehead atoms. The number of rotatable bonds is 6. The van der Waals surface area contributed by atoms with E-state index in [1.165, 1.54) is 28.7 Å². The van der Waals surface area contributed by atoms with Crippen LogP contribution in [0.15, 0.2) is 30.9 Å². The predicted octanol–water partition coefficient (Wildman–Crippen LogP) is 3.21. The molecule has 3 N–H and O–H groups in total. The van der Waals surface area contributed by atoms with Crippen LogP contribution in [0.3, 0.4) is 0 Å². The van der Waals surface area contributed by atoms with Crippen molar-refractivity contribution < 1.29 is 18.8 Å². The molecule has 1 aromatic carbocycles. The number of aromatic amines is 1. The second-order valence-electron chi connectivity index (χ2n) is 9.01. The van der Waals surface area contributed by atoms with Crippen LogP contribution in [-0.2, 0) is 27.2 Å². The highest BCUT2D eigenvalue weighted by Crippen LogP contribution is 2.36. The highest BCUT2D eigenvalue weighted by atomic mass is 19.1. The van der Waals surface area contributed by atoms with Crippen molar-refractivity contribution in [1.29, 1.82) is 0 Å². The highest BCUT2D eigenvalue weighted by Gasteiger charge is 2.28. The van der Waals surface area contributed by atoms with Crippen LogP contribution in [0.1, 0.15) is 41.4 Å². The molecule has 178 valence electrons. The van der Waals surface area contributed by atoms with Crippen molar-refractivity contribution in [2.45, 2.75) is 39.2 Å². The largest absolute Gasteiger partial charge is 0.358 e. The second kappa shape index (κ2) is 9.29. The number of anilines is 1. The zero-order chi connectivity index (χ0) is 24.6. The number of amides is 3. The van der Waals surface area contributed by atoms with Gasteiger partial charge >= 0.3 is 0 Å². The summed E-state index contributed by atoms with van der Waals surface area (Å²) >= 11 is 0. The lowest BCUT2D eigenvalue weighted by molar-refractivity contribution is -0.135. The molecule has 2 aliphatic rings. The number of nitrogens with zero attached hydrogens (tertiary/aromatic N) is 1. The van der Waals surface area contributed by atoms with Crippen molar-refractivity contribution in [2.24, 2.45) is 5.92 Å². The first kappa shape index (κ1) is 23.5. The molecule has 0 saturated carbocycles. The van der Waals surface area contributed by atoms with E-state index in [2.05, 4.69) is 22.2 Å². The Balaban J connectivity index is 1.46. The summed E-state index contributed by atoms with van der Waals surface area (Å²) in [5, 5.41) is 5.74. The number of nitrogens with one attached hydrogen (secondary N) is 3. The van der Waals surface area contributed by atoms with Crippen molar-refractivity contribution in [1.82, 2.24) is 15.2 Å². The molecule has 2 heterocycles. The molecule has 1 aromatic heterocycles. The Kier molecular flexibility index (Phi) is 6.41. The fourth-order valence-corrected chi connectivity index (χ4v) is 4.64. The van der Waals surface area contributed by atoms with E-state index in [0.29, 0.717) is 23.4 Å². The van der Waals surface area contributed by atoms with Crippen LogP contribution < -0.4 is 10.6 Å². The molecule has 2 aromatic rings. The van der Waals surface area contributed by atoms with Crippen LogP contribution in [0, 0.1) is 18.7 Å². The first-order chi connectivity index (χ1) is 16.2. The lowest BCUT2D eigenvalue weighted by atomic mass is 9.86. The Labute approximate surface area is 198 Å². The van der Waals surface area contributed by atoms with E-state index in [1.54, 1.807) is 26.1 Å². The van der Waals surface area contributed by atoms with Crippen molar-refractivity contribution in [3.63, 3.8) is 0 Å². The lowest BCUT2D eigenvalue weighted by Gasteiger charge is -2.26. The van der Waals surface area contributed by atoms with E-state index < -0.39 is 6.04 Å². The molecule has 0 unspecified atom stereocenters. The average Bonchev–Trinajstić information content (AvgIpc) is 3.31. The monoisotopic (exact) mass is 464 g/mol. The van der Waals surface area contributed by atoms with E-state index >= 15 is 0 Å². The van der Waals surface area contributed by atoms with Gasteiger partial charge in [-0.2, -0.15) is 0 Å². The van der Waals surface area contributed by atoms with Crippen molar-refractivity contribution in [3.8, 4) is 0 Å². The van der Waals surface area contributed by atoms with Gasteiger partial charge < -0.3 is 20.5 Å². The minimum Gasteiger partial charge on any atom is -0.358 e. The van der Waals surface area contributed by atoms with Gasteiger partial charge in [-0.05, 0) is 80.5 Å². The quantitative estimate of drug-likeness (QED) is 0.573. The third-order valence-electron chi connectivity index (χ3n) is 6.90. The van der Waals surface area contributed by atoms with Gasteiger partial charge in [-0.1, -0.05) is 6.58 Å². The van der Waals surface area contributed by atoms with Gasteiger partial charge in [0.25, 0.3) is 5.91 Å². The summed E-state index contributed by atoms with van der Waals surface area (Å²) in [4.78, 5) is 41.5. The molecule has 34 heavy (non-hydrogen) atoms. The summed E-state index contributed by atoms with van der Waals surface area (Å²) in [6, 6.07) is 3.69. The van der Waals surface area contributed by atoms with Gasteiger partial charge in [0.05, 0.1) is 5.57 Å². The number of benzene rings is 1. The number of hydrogen-bond acceptors (Lipinski definition) is 3.